The molecule has 0 radical (unpaired) electrons. The van der Waals surface area contributed by atoms with E-state index in [1.54, 1.807) is 0 Å². The Labute approximate surface area is 319 Å². The number of nitrogens with zero attached hydrogens (tertiary/aromatic N) is 5. The average Bonchev–Trinajstić information content (AvgIpc) is 3.28. The highest BCUT2D eigenvalue weighted by molar-refractivity contribution is 5.75. The van der Waals surface area contributed by atoms with Gasteiger partial charge in [0.05, 0.1) is 17.0 Å². The van der Waals surface area contributed by atoms with Gasteiger partial charge >= 0.3 is 0 Å². The molecule has 0 fully saturated rings. The smallest absolute Gasteiger partial charge is 0.164 e. The molecule has 260 valence electrons. The van der Waals surface area contributed by atoms with Crippen LogP contribution in [0.1, 0.15) is 0 Å². The third-order valence-electron chi connectivity index (χ3n) is 9.25. The summed E-state index contributed by atoms with van der Waals surface area (Å²) in [5.41, 5.74) is 9.45. The number of para-hydroxylation sites is 1. The van der Waals surface area contributed by atoms with Gasteiger partial charge in [0.1, 0.15) is 11.5 Å². The number of benzene rings is 7. The van der Waals surface area contributed by atoms with Crippen molar-refractivity contribution in [2.45, 2.75) is 0 Å². The third kappa shape index (κ3) is 7.38. The summed E-state index contributed by atoms with van der Waals surface area (Å²) in [6, 6.07) is 66.7. The lowest BCUT2D eigenvalue weighted by Crippen LogP contribution is -2.00. The summed E-state index contributed by atoms with van der Waals surface area (Å²) in [6.45, 7) is 0. The fraction of sp³-hybridized carbons (Fsp3) is 0. The summed E-state index contributed by atoms with van der Waals surface area (Å²) < 4.78 is 6.52. The molecule has 0 saturated heterocycles. The molecular weight excluding hydrogens is 675 g/mol. The Balaban J connectivity index is 0.989. The van der Waals surface area contributed by atoms with Crippen LogP contribution in [0.25, 0.3) is 79.2 Å². The first kappa shape index (κ1) is 33.3. The molecule has 6 nitrogen and oxygen atoms in total. The Hall–Kier alpha value is -7.57. The normalized spacial score (nSPS) is 10.9. The standard InChI is InChI=1S/C49H33N5O/c1-5-15-36(16-6-1)43-33-44(37-17-7-2-8-18-37)51-49(50-43)42-23-13-14-24-45(42)55-41-31-29-35(30-32-41)34-25-27-40(28-26-34)48-53-46(38-19-9-3-10-20-38)52-47(54-48)39-21-11-4-12-22-39/h1-33H. The second-order valence-electron chi connectivity index (χ2n) is 12.9. The molecule has 0 aliphatic carbocycles. The molecule has 0 atom stereocenters. The van der Waals surface area contributed by atoms with Crippen molar-refractivity contribution in [1.82, 2.24) is 24.9 Å². The molecule has 0 saturated carbocycles. The molecule has 0 unspecified atom stereocenters. The molecule has 0 aliphatic heterocycles. The zero-order valence-electron chi connectivity index (χ0n) is 29.7. The van der Waals surface area contributed by atoms with Crippen molar-refractivity contribution in [2.75, 3.05) is 0 Å². The quantitative estimate of drug-likeness (QED) is 0.149. The zero-order valence-corrected chi connectivity index (χ0v) is 29.7. The van der Waals surface area contributed by atoms with Gasteiger partial charge in [-0.1, -0.05) is 170 Å². The molecular formula is C49H33N5O. The van der Waals surface area contributed by atoms with Crippen LogP contribution in [0.4, 0.5) is 0 Å². The van der Waals surface area contributed by atoms with Crippen LogP contribution in [-0.4, -0.2) is 24.9 Å². The molecule has 0 amide bonds. The van der Waals surface area contributed by atoms with Crippen LogP contribution in [0.5, 0.6) is 11.5 Å². The van der Waals surface area contributed by atoms with Crippen LogP contribution in [0.15, 0.2) is 200 Å². The maximum absolute atomic E-state index is 6.52. The fourth-order valence-electron chi connectivity index (χ4n) is 6.41. The first-order chi connectivity index (χ1) is 27.2. The number of ether oxygens (including phenoxy) is 1. The van der Waals surface area contributed by atoms with Gasteiger partial charge in [-0.3, -0.25) is 0 Å². The molecule has 0 aliphatic rings. The molecule has 6 heteroatoms. The van der Waals surface area contributed by atoms with E-state index in [1.807, 2.05) is 140 Å². The minimum Gasteiger partial charge on any atom is -0.457 e. The van der Waals surface area contributed by atoms with Gasteiger partial charge in [-0.15, -0.1) is 0 Å². The van der Waals surface area contributed by atoms with Crippen molar-refractivity contribution in [3.05, 3.63) is 200 Å². The second kappa shape index (κ2) is 15.2. The highest BCUT2D eigenvalue weighted by Gasteiger charge is 2.16. The summed E-state index contributed by atoms with van der Waals surface area (Å²) in [4.78, 5) is 24.6. The van der Waals surface area contributed by atoms with Crippen LogP contribution in [0, 0.1) is 0 Å². The van der Waals surface area contributed by atoms with Crippen molar-refractivity contribution in [1.29, 1.82) is 0 Å². The van der Waals surface area contributed by atoms with Gasteiger partial charge in [0, 0.05) is 27.8 Å². The minimum atomic E-state index is 0.595. The van der Waals surface area contributed by atoms with E-state index in [4.69, 9.17) is 29.7 Å². The first-order valence-corrected chi connectivity index (χ1v) is 18.1. The third-order valence-corrected chi connectivity index (χ3v) is 9.25. The molecule has 9 aromatic rings. The molecule has 9 rings (SSSR count). The highest BCUT2D eigenvalue weighted by Crippen LogP contribution is 2.35. The largest absolute Gasteiger partial charge is 0.457 e. The van der Waals surface area contributed by atoms with E-state index in [0.29, 0.717) is 34.8 Å². The lowest BCUT2D eigenvalue weighted by atomic mass is 10.0. The van der Waals surface area contributed by atoms with E-state index in [-0.39, 0.29) is 0 Å². The van der Waals surface area contributed by atoms with Gasteiger partial charge < -0.3 is 4.74 Å². The van der Waals surface area contributed by atoms with Crippen molar-refractivity contribution in [3.8, 4) is 90.7 Å². The molecule has 7 aromatic carbocycles. The van der Waals surface area contributed by atoms with E-state index in [1.165, 1.54) is 0 Å². The SMILES string of the molecule is c1ccc(-c2cc(-c3ccccc3)nc(-c3ccccc3Oc3ccc(-c4ccc(-c5nc(-c6ccccc6)nc(-c6ccccc6)n5)cc4)cc3)n2)cc1. The molecule has 2 aromatic heterocycles. The molecule has 55 heavy (non-hydrogen) atoms. The molecule has 0 N–H and O–H groups in total. The Kier molecular flexibility index (Phi) is 9.19. The van der Waals surface area contributed by atoms with Crippen molar-refractivity contribution < 1.29 is 4.74 Å². The summed E-state index contributed by atoms with van der Waals surface area (Å²) in [7, 11) is 0. The van der Waals surface area contributed by atoms with Crippen molar-refractivity contribution >= 4 is 0 Å². The van der Waals surface area contributed by atoms with Gasteiger partial charge in [0.25, 0.3) is 0 Å². The van der Waals surface area contributed by atoms with E-state index < -0.39 is 0 Å². The minimum absolute atomic E-state index is 0.595. The first-order valence-electron chi connectivity index (χ1n) is 18.1. The Morgan fingerprint density at radius 1 is 0.273 bits per heavy atom. The van der Waals surface area contributed by atoms with Gasteiger partial charge in [-0.25, -0.2) is 24.9 Å². The van der Waals surface area contributed by atoms with E-state index in [9.17, 15) is 0 Å². The summed E-state index contributed by atoms with van der Waals surface area (Å²) in [5, 5.41) is 0. The van der Waals surface area contributed by atoms with Gasteiger partial charge in [-0.2, -0.15) is 0 Å². The summed E-state index contributed by atoms with van der Waals surface area (Å²) >= 11 is 0. The van der Waals surface area contributed by atoms with Crippen LogP contribution in [0.2, 0.25) is 0 Å². The predicted molar refractivity (Wildman–Crippen MR) is 220 cm³/mol. The van der Waals surface area contributed by atoms with Gasteiger partial charge in [-0.05, 0) is 41.5 Å². The van der Waals surface area contributed by atoms with E-state index >= 15 is 0 Å². The lowest BCUT2D eigenvalue weighted by molar-refractivity contribution is 0.484. The second-order valence-corrected chi connectivity index (χ2v) is 12.9. The topological polar surface area (TPSA) is 73.7 Å². The van der Waals surface area contributed by atoms with Crippen molar-refractivity contribution in [2.24, 2.45) is 0 Å². The molecule has 0 bridgehead atoms. The number of rotatable bonds is 9. The Bertz CT molecular complexity index is 2570. The maximum Gasteiger partial charge on any atom is 0.164 e. The Morgan fingerprint density at radius 2 is 0.636 bits per heavy atom. The highest BCUT2D eigenvalue weighted by atomic mass is 16.5. The van der Waals surface area contributed by atoms with Crippen LogP contribution < -0.4 is 4.74 Å². The Morgan fingerprint density at radius 3 is 1.11 bits per heavy atom. The predicted octanol–water partition coefficient (Wildman–Crippen LogP) is 12.1. The van der Waals surface area contributed by atoms with E-state index in [2.05, 4.69) is 60.7 Å². The average molecular weight is 708 g/mol. The van der Waals surface area contributed by atoms with Gasteiger partial charge in [0.15, 0.2) is 23.3 Å². The molecule has 2 heterocycles. The van der Waals surface area contributed by atoms with Crippen LogP contribution in [-0.2, 0) is 0 Å². The summed E-state index contributed by atoms with van der Waals surface area (Å²) in [5.74, 6) is 3.87. The molecule has 0 spiro atoms. The lowest BCUT2D eigenvalue weighted by Gasteiger charge is -2.13. The van der Waals surface area contributed by atoms with Crippen LogP contribution in [0.3, 0.4) is 0 Å². The number of aromatic nitrogens is 5. The van der Waals surface area contributed by atoms with Crippen molar-refractivity contribution in [3.63, 3.8) is 0 Å². The number of hydrogen-bond acceptors (Lipinski definition) is 6. The summed E-state index contributed by atoms with van der Waals surface area (Å²) in [6.07, 6.45) is 0. The van der Waals surface area contributed by atoms with Crippen LogP contribution >= 0.6 is 0 Å². The monoisotopic (exact) mass is 707 g/mol. The van der Waals surface area contributed by atoms with E-state index in [0.717, 1.165) is 55.9 Å². The zero-order chi connectivity index (χ0) is 36.8. The van der Waals surface area contributed by atoms with Gasteiger partial charge in [0.2, 0.25) is 0 Å². The fourth-order valence-corrected chi connectivity index (χ4v) is 6.41. The maximum atomic E-state index is 6.52. The number of hydrogen-bond donors (Lipinski definition) is 0.